The summed E-state index contributed by atoms with van der Waals surface area (Å²) in [5.41, 5.74) is 0.324. The molecule has 0 aliphatic carbocycles. The maximum atomic E-state index is 11.4. The van der Waals surface area contributed by atoms with E-state index in [0.717, 1.165) is 5.56 Å². The van der Waals surface area contributed by atoms with E-state index in [0.29, 0.717) is 13.0 Å². The molecule has 0 amide bonds. The fraction of sp³-hybridized carbons (Fsp3) is 0.529. The monoisotopic (exact) mass is 341 g/mol. The van der Waals surface area contributed by atoms with Crippen LogP contribution in [0.1, 0.15) is 38.8 Å². The van der Waals surface area contributed by atoms with E-state index in [4.69, 9.17) is 9.47 Å². The molecule has 3 atom stereocenters. The highest BCUT2D eigenvalue weighted by Crippen LogP contribution is 2.37. The van der Waals surface area contributed by atoms with Crippen molar-refractivity contribution < 1.29 is 19.1 Å². The first-order valence-electron chi connectivity index (χ1n) is 7.44. The van der Waals surface area contributed by atoms with Crippen molar-refractivity contribution in [3.8, 4) is 0 Å². The Morgan fingerprint density at radius 2 is 1.78 bits per heavy atom. The average molecular weight is 342 g/mol. The summed E-state index contributed by atoms with van der Waals surface area (Å²) in [6.07, 6.45) is 0.124. The number of ether oxygens (including phenoxy) is 2. The van der Waals surface area contributed by atoms with Crippen LogP contribution < -0.4 is 0 Å². The highest BCUT2D eigenvalue weighted by atomic mass is 35.5. The number of hydrogen-bond acceptors (Lipinski definition) is 5. The van der Waals surface area contributed by atoms with Gasteiger partial charge in [-0.25, -0.2) is 0 Å². The Hall–Kier alpha value is -1.59. The summed E-state index contributed by atoms with van der Waals surface area (Å²) in [5, 5.41) is 0. The van der Waals surface area contributed by atoms with Gasteiger partial charge in [0.1, 0.15) is 6.10 Å². The van der Waals surface area contributed by atoms with Gasteiger partial charge >= 0.3 is 11.9 Å². The molecule has 0 saturated carbocycles. The largest absolute Gasteiger partial charge is 0.458 e. The lowest BCUT2D eigenvalue weighted by molar-refractivity contribution is -0.195. The maximum absolute atomic E-state index is 11.4. The number of rotatable bonds is 3. The lowest BCUT2D eigenvalue weighted by Gasteiger charge is -2.47. The Morgan fingerprint density at radius 1 is 1.17 bits per heavy atom. The first kappa shape index (κ1) is 19.5. The van der Waals surface area contributed by atoms with Gasteiger partial charge in [0.25, 0.3) is 0 Å². The van der Waals surface area contributed by atoms with Crippen molar-refractivity contribution in [3.63, 3.8) is 0 Å². The van der Waals surface area contributed by atoms with Gasteiger partial charge in [-0.3, -0.25) is 14.5 Å². The molecule has 128 valence electrons. The van der Waals surface area contributed by atoms with E-state index < -0.39 is 11.7 Å². The number of halogens is 1. The quantitative estimate of drug-likeness (QED) is 0.791. The van der Waals surface area contributed by atoms with Gasteiger partial charge in [0.05, 0.1) is 0 Å². The second-order valence-corrected chi connectivity index (χ2v) is 6.08. The summed E-state index contributed by atoms with van der Waals surface area (Å²) in [6.45, 7) is 5.08. The van der Waals surface area contributed by atoms with Gasteiger partial charge in [0.15, 0.2) is 5.60 Å². The first-order chi connectivity index (χ1) is 10.3. The van der Waals surface area contributed by atoms with Crippen LogP contribution in [0.25, 0.3) is 0 Å². The van der Waals surface area contributed by atoms with E-state index in [1.54, 1.807) is 0 Å². The molecule has 0 bridgehead atoms. The SMILES string of the molecule is CC(=O)O[C@H]1C[C@H](c2ccccc2)N(C)C[C@@]1(C)OC(C)=O.Cl. The molecule has 0 aromatic heterocycles. The summed E-state index contributed by atoms with van der Waals surface area (Å²) >= 11 is 0. The third kappa shape index (κ3) is 4.69. The summed E-state index contributed by atoms with van der Waals surface area (Å²) in [4.78, 5) is 25.0. The molecule has 23 heavy (non-hydrogen) atoms. The zero-order valence-electron chi connectivity index (χ0n) is 13.9. The zero-order chi connectivity index (χ0) is 16.3. The molecule has 1 heterocycles. The number of piperidine rings is 1. The normalized spacial score (nSPS) is 27.7. The lowest BCUT2D eigenvalue weighted by Crippen LogP contribution is -2.58. The van der Waals surface area contributed by atoms with Crippen LogP contribution in [0.5, 0.6) is 0 Å². The Morgan fingerprint density at radius 3 is 2.30 bits per heavy atom. The second-order valence-electron chi connectivity index (χ2n) is 6.08. The van der Waals surface area contributed by atoms with Crippen molar-refractivity contribution in [2.75, 3.05) is 13.6 Å². The van der Waals surface area contributed by atoms with Gasteiger partial charge < -0.3 is 9.47 Å². The van der Waals surface area contributed by atoms with Crippen LogP contribution in [0.4, 0.5) is 0 Å². The molecule has 1 fully saturated rings. The van der Waals surface area contributed by atoms with E-state index in [9.17, 15) is 9.59 Å². The lowest BCUT2D eigenvalue weighted by atomic mass is 9.84. The predicted octanol–water partition coefficient (Wildman–Crippen LogP) is 2.74. The van der Waals surface area contributed by atoms with E-state index in [1.807, 2.05) is 32.2 Å². The van der Waals surface area contributed by atoms with Crippen molar-refractivity contribution >= 4 is 24.3 Å². The summed E-state index contributed by atoms with van der Waals surface area (Å²) < 4.78 is 11.0. The van der Waals surface area contributed by atoms with Crippen molar-refractivity contribution in [3.05, 3.63) is 35.9 Å². The minimum atomic E-state index is -0.836. The Bertz CT molecular complexity index is 551. The Balaban J connectivity index is 0.00000264. The number of benzene rings is 1. The number of carbonyl (C=O) groups excluding carboxylic acids is 2. The fourth-order valence-electron chi connectivity index (χ4n) is 3.20. The van der Waals surface area contributed by atoms with Crippen molar-refractivity contribution in [1.82, 2.24) is 4.90 Å². The molecule has 0 unspecified atom stereocenters. The van der Waals surface area contributed by atoms with Crippen LogP contribution in [-0.4, -0.2) is 42.1 Å². The predicted molar refractivity (Wildman–Crippen MR) is 89.4 cm³/mol. The van der Waals surface area contributed by atoms with Crippen LogP contribution in [-0.2, 0) is 19.1 Å². The highest BCUT2D eigenvalue weighted by Gasteiger charge is 2.47. The van der Waals surface area contributed by atoms with Gasteiger partial charge in [-0.1, -0.05) is 30.3 Å². The Labute approximate surface area is 143 Å². The topological polar surface area (TPSA) is 55.8 Å². The van der Waals surface area contributed by atoms with Crippen LogP contribution in [0.3, 0.4) is 0 Å². The van der Waals surface area contributed by atoms with E-state index >= 15 is 0 Å². The number of nitrogens with zero attached hydrogens (tertiary/aromatic N) is 1. The van der Waals surface area contributed by atoms with E-state index in [-0.39, 0.29) is 30.4 Å². The third-order valence-electron chi connectivity index (χ3n) is 4.08. The summed E-state index contributed by atoms with van der Waals surface area (Å²) in [7, 11) is 1.99. The molecule has 1 aliphatic rings. The molecule has 5 nitrogen and oxygen atoms in total. The second kappa shape index (κ2) is 7.79. The van der Waals surface area contributed by atoms with Crippen molar-refractivity contribution in [2.24, 2.45) is 0 Å². The van der Waals surface area contributed by atoms with Gasteiger partial charge in [-0.15, -0.1) is 12.4 Å². The van der Waals surface area contributed by atoms with E-state index in [2.05, 4.69) is 17.0 Å². The maximum Gasteiger partial charge on any atom is 0.303 e. The summed E-state index contributed by atoms with van der Waals surface area (Å²) in [6, 6.07) is 10.2. The van der Waals surface area contributed by atoms with Crippen molar-refractivity contribution in [1.29, 1.82) is 0 Å². The number of likely N-dealkylation sites (tertiary alicyclic amines) is 1. The molecule has 1 aromatic rings. The molecular formula is C17H24ClNO4. The highest BCUT2D eigenvalue weighted by molar-refractivity contribution is 5.85. The molecular weight excluding hydrogens is 318 g/mol. The Kier molecular flexibility index (Phi) is 6.59. The molecule has 1 aliphatic heterocycles. The molecule has 0 radical (unpaired) electrons. The van der Waals surface area contributed by atoms with Crippen LogP contribution in [0, 0.1) is 0 Å². The molecule has 1 aromatic carbocycles. The number of likely N-dealkylation sites (N-methyl/N-ethyl adjacent to an activating group) is 1. The zero-order valence-corrected chi connectivity index (χ0v) is 14.8. The smallest absolute Gasteiger partial charge is 0.303 e. The average Bonchev–Trinajstić information content (AvgIpc) is 2.41. The first-order valence-corrected chi connectivity index (χ1v) is 7.44. The molecule has 2 rings (SSSR count). The molecule has 6 heteroatoms. The number of esters is 2. The molecule has 1 saturated heterocycles. The fourth-order valence-corrected chi connectivity index (χ4v) is 3.20. The van der Waals surface area contributed by atoms with E-state index in [1.165, 1.54) is 13.8 Å². The van der Waals surface area contributed by atoms with Gasteiger partial charge in [-0.2, -0.15) is 0 Å². The molecule has 0 N–H and O–H groups in total. The van der Waals surface area contributed by atoms with Gasteiger partial charge in [-0.05, 0) is 19.5 Å². The van der Waals surface area contributed by atoms with Crippen LogP contribution >= 0.6 is 12.4 Å². The molecule has 0 spiro atoms. The van der Waals surface area contributed by atoms with Gasteiger partial charge in [0.2, 0.25) is 0 Å². The number of hydrogen-bond donors (Lipinski definition) is 0. The van der Waals surface area contributed by atoms with Crippen molar-refractivity contribution in [2.45, 2.75) is 44.9 Å². The van der Waals surface area contributed by atoms with Crippen LogP contribution in [0.15, 0.2) is 30.3 Å². The van der Waals surface area contributed by atoms with Gasteiger partial charge in [0, 0.05) is 32.9 Å². The summed E-state index contributed by atoms with van der Waals surface area (Å²) in [5.74, 6) is -0.731. The third-order valence-corrected chi connectivity index (χ3v) is 4.08. The van der Waals surface area contributed by atoms with Crippen LogP contribution in [0.2, 0.25) is 0 Å². The minimum Gasteiger partial charge on any atom is -0.458 e. The standard InChI is InChI=1S/C17H23NO4.ClH/c1-12(19)21-16-10-15(14-8-6-5-7-9-14)18(4)11-17(16,3)22-13(2)20;/h5-9,15-16H,10-11H2,1-4H3;1H/t15-,16+,17-;/m1./s1. The number of carbonyl (C=O) groups is 2. The minimum absolute atomic E-state index is 0.